The number of unbranched alkanes of at least 4 members (excludes halogenated alkanes) is 2. The summed E-state index contributed by atoms with van der Waals surface area (Å²) < 4.78 is 10.9. The third-order valence-corrected chi connectivity index (χ3v) is 3.66. The van der Waals surface area contributed by atoms with Gasteiger partial charge in [-0.25, -0.2) is 0 Å². The average molecular weight is 236 g/mol. The summed E-state index contributed by atoms with van der Waals surface area (Å²) in [6, 6.07) is 0. The van der Waals surface area contributed by atoms with Crippen LogP contribution in [0.5, 0.6) is 0 Å². The van der Waals surface area contributed by atoms with E-state index in [-0.39, 0.29) is 37.7 Å². The van der Waals surface area contributed by atoms with Crippen molar-refractivity contribution >= 4 is 45.3 Å². The molecule has 0 fully saturated rings. The van der Waals surface area contributed by atoms with Crippen LogP contribution in [0.1, 0.15) is 46.0 Å². The zero-order chi connectivity index (χ0) is 9.61. The van der Waals surface area contributed by atoms with E-state index in [1.54, 1.807) is 0 Å². The molecule has 78 valence electrons. The fraction of sp³-hybridized carbons (Fsp3) is 1.00. The molecule has 3 nitrogen and oxygen atoms in total. The van der Waals surface area contributed by atoms with Gasteiger partial charge in [0.1, 0.15) is 0 Å². The van der Waals surface area contributed by atoms with E-state index in [4.69, 9.17) is 9.79 Å². The second-order valence-electron chi connectivity index (χ2n) is 3.15. The summed E-state index contributed by atoms with van der Waals surface area (Å²) in [5, 5.41) is 0. The summed E-state index contributed by atoms with van der Waals surface area (Å²) in [5.74, 6) is 0. The van der Waals surface area contributed by atoms with Gasteiger partial charge in [0.15, 0.2) is 0 Å². The Kier molecular flexibility index (Phi) is 11.3. The van der Waals surface area contributed by atoms with Crippen molar-refractivity contribution in [3.05, 3.63) is 0 Å². The Balaban J connectivity index is 0. The Bertz CT molecular complexity index is 157. The summed E-state index contributed by atoms with van der Waals surface area (Å²) in [6.45, 7) is 3.91. The van der Waals surface area contributed by atoms with Crippen LogP contribution < -0.4 is 0 Å². The summed E-state index contributed by atoms with van der Waals surface area (Å²) in [4.78, 5) is 17.8. The summed E-state index contributed by atoms with van der Waals surface area (Å²) >= 11 is 0. The quantitative estimate of drug-likeness (QED) is 0.418. The van der Waals surface area contributed by atoms with Crippen molar-refractivity contribution in [2.24, 2.45) is 0 Å². The van der Waals surface area contributed by atoms with E-state index in [2.05, 4.69) is 6.92 Å². The molecule has 0 heterocycles. The molecule has 0 bridgehead atoms. The van der Waals surface area contributed by atoms with Crippen LogP contribution in [0.2, 0.25) is 0 Å². The number of hydrogen-bond acceptors (Lipinski definition) is 1. The van der Waals surface area contributed by atoms with Crippen LogP contribution in [0.25, 0.3) is 0 Å². The van der Waals surface area contributed by atoms with Crippen molar-refractivity contribution in [2.75, 3.05) is 0 Å². The molecule has 13 heavy (non-hydrogen) atoms. The van der Waals surface area contributed by atoms with Crippen LogP contribution in [0.4, 0.5) is 0 Å². The first-order valence-corrected chi connectivity index (χ1v) is 6.25. The normalized spacial score (nSPS) is 13.5. The number of rotatable bonds is 6. The van der Waals surface area contributed by atoms with Crippen molar-refractivity contribution in [1.82, 2.24) is 0 Å². The van der Waals surface area contributed by atoms with E-state index in [1.807, 2.05) is 6.92 Å². The van der Waals surface area contributed by atoms with E-state index in [0.29, 0.717) is 12.8 Å². The van der Waals surface area contributed by atoms with E-state index in [1.165, 1.54) is 0 Å². The van der Waals surface area contributed by atoms with Crippen LogP contribution in [0, 0.1) is 0 Å². The monoisotopic (exact) mass is 236 g/mol. The summed E-state index contributed by atoms with van der Waals surface area (Å²) in [5.41, 5.74) is -0.413. The average Bonchev–Trinajstić information content (AvgIpc) is 1.95. The molecule has 1 atom stereocenters. The molecule has 0 aromatic heterocycles. The second kappa shape index (κ2) is 8.70. The predicted molar refractivity (Wildman–Crippen MR) is 58.8 cm³/mol. The molecule has 0 aromatic rings. The van der Waals surface area contributed by atoms with Gasteiger partial charge in [-0.1, -0.05) is 33.1 Å². The van der Waals surface area contributed by atoms with Gasteiger partial charge in [-0.3, -0.25) is 4.57 Å². The van der Waals surface area contributed by atoms with Crippen LogP contribution in [-0.2, 0) is 4.57 Å². The molecule has 0 aromatic carbocycles. The topological polar surface area (TPSA) is 57.5 Å². The van der Waals surface area contributed by atoms with Gasteiger partial charge < -0.3 is 9.79 Å². The molecule has 0 radical (unpaired) electrons. The maximum absolute atomic E-state index is 10.9. The maximum atomic E-state index is 10.9. The molecule has 0 spiro atoms. The Morgan fingerprint density at radius 1 is 1.23 bits per heavy atom. The molecular weight excluding hydrogens is 215 g/mol. The predicted octanol–water partition coefficient (Wildman–Crippen LogP) is 1.61. The van der Waals surface area contributed by atoms with Gasteiger partial charge in [0.05, 0.1) is 5.66 Å². The van der Waals surface area contributed by atoms with E-state index in [9.17, 15) is 4.57 Å². The third kappa shape index (κ3) is 8.41. The van der Waals surface area contributed by atoms with Crippen molar-refractivity contribution in [2.45, 2.75) is 51.6 Å². The standard InChI is InChI=1S/C8H19O3P.Ca.2H/c1-3-5-6-7-8(4-2)12(9,10)11;;;/h8H,3-7H2,1-2H3,(H2,9,10,11);;;. The van der Waals surface area contributed by atoms with Gasteiger partial charge >= 0.3 is 45.3 Å². The molecule has 0 aliphatic carbocycles. The van der Waals surface area contributed by atoms with E-state index < -0.39 is 13.3 Å². The van der Waals surface area contributed by atoms with Crippen LogP contribution in [-0.4, -0.2) is 53.2 Å². The van der Waals surface area contributed by atoms with Gasteiger partial charge in [-0.2, -0.15) is 0 Å². The van der Waals surface area contributed by atoms with Crippen molar-refractivity contribution < 1.29 is 14.4 Å². The summed E-state index contributed by atoms with van der Waals surface area (Å²) in [7, 11) is -3.82. The zero-order valence-electron chi connectivity index (χ0n) is 7.86. The molecular formula is C8H21CaO3P. The van der Waals surface area contributed by atoms with Gasteiger partial charge in [-0.05, 0) is 12.8 Å². The first-order valence-electron chi connectivity index (χ1n) is 4.57. The molecule has 0 aliphatic heterocycles. The molecule has 0 rings (SSSR count). The van der Waals surface area contributed by atoms with Crippen LogP contribution in [0.15, 0.2) is 0 Å². The second-order valence-corrected chi connectivity index (χ2v) is 5.06. The molecule has 5 heteroatoms. The fourth-order valence-electron chi connectivity index (χ4n) is 1.24. The van der Waals surface area contributed by atoms with Crippen LogP contribution in [0.3, 0.4) is 0 Å². The minimum atomic E-state index is -3.82. The minimum absolute atomic E-state index is 0. The first kappa shape index (κ1) is 16.8. The molecule has 2 N–H and O–H groups in total. The Labute approximate surface area is 110 Å². The molecule has 0 saturated heterocycles. The van der Waals surface area contributed by atoms with Crippen molar-refractivity contribution in [3.8, 4) is 0 Å². The van der Waals surface area contributed by atoms with Crippen molar-refractivity contribution in [1.29, 1.82) is 0 Å². The van der Waals surface area contributed by atoms with E-state index >= 15 is 0 Å². The van der Waals surface area contributed by atoms with Gasteiger partial charge in [0.25, 0.3) is 0 Å². The van der Waals surface area contributed by atoms with E-state index in [0.717, 1.165) is 19.3 Å². The third-order valence-electron chi connectivity index (χ3n) is 2.09. The molecule has 1 unspecified atom stereocenters. The Hall–Kier alpha value is 1.41. The van der Waals surface area contributed by atoms with Gasteiger partial charge in [0.2, 0.25) is 0 Å². The fourth-order valence-corrected chi connectivity index (χ4v) is 2.23. The number of hydrogen-bond donors (Lipinski definition) is 2. The Morgan fingerprint density at radius 3 is 2.08 bits per heavy atom. The first-order chi connectivity index (χ1) is 5.52. The summed E-state index contributed by atoms with van der Waals surface area (Å²) in [6.07, 6.45) is 4.33. The van der Waals surface area contributed by atoms with Gasteiger partial charge in [0, 0.05) is 0 Å². The molecule has 0 aliphatic rings. The molecule has 0 amide bonds. The van der Waals surface area contributed by atoms with Crippen molar-refractivity contribution in [3.63, 3.8) is 0 Å². The van der Waals surface area contributed by atoms with Crippen LogP contribution >= 0.6 is 7.60 Å². The molecule has 0 saturated carbocycles. The zero-order valence-corrected chi connectivity index (χ0v) is 8.76. The SMILES string of the molecule is CCCCCC(CC)P(=O)(O)O.[CaH2]. The Morgan fingerprint density at radius 2 is 1.77 bits per heavy atom. The van der Waals surface area contributed by atoms with Gasteiger partial charge in [-0.15, -0.1) is 0 Å².